The van der Waals surface area contributed by atoms with E-state index in [2.05, 4.69) is 15.6 Å². The molecule has 4 aliphatic heterocycles. The van der Waals surface area contributed by atoms with Gasteiger partial charge in [-0.25, -0.2) is 4.68 Å². The molecule has 0 unspecified atom stereocenters. The molecule has 13 heteroatoms. The summed E-state index contributed by atoms with van der Waals surface area (Å²) in [6.07, 6.45) is 7.04. The van der Waals surface area contributed by atoms with Crippen LogP contribution in [0.3, 0.4) is 0 Å². The second-order valence-electron chi connectivity index (χ2n) is 12.4. The van der Waals surface area contributed by atoms with E-state index in [4.69, 9.17) is 9.47 Å². The van der Waals surface area contributed by atoms with E-state index in [1.165, 1.54) is 4.90 Å². The zero-order valence-corrected chi connectivity index (χ0v) is 25.7. The Balaban J connectivity index is 1.45. The molecule has 2 fully saturated rings. The van der Waals surface area contributed by atoms with E-state index in [-0.39, 0.29) is 44.6 Å². The third-order valence-electron chi connectivity index (χ3n) is 9.63. The fourth-order valence-electron chi connectivity index (χ4n) is 7.10. The highest BCUT2D eigenvalue weighted by molar-refractivity contribution is 5.99. The molecule has 240 valence electrons. The molecule has 1 aromatic carbocycles. The number of carbonyl (C=O) groups excluding carboxylic acids is 4. The lowest BCUT2D eigenvalue weighted by molar-refractivity contribution is -0.160. The smallest absolute Gasteiger partial charge is 0.313 e. The SMILES string of the molecule is CC[C@H](C)[C@H](CO)N1C(=O)[C@@H]2[C@H]3C(=O)O[C@@H](C)CNC(=O)CC/C=C\CN(Cn4nnc5ccccc54)C(=O)[C@@H]1[C@]21C=C[C@H]3O1. The molecule has 0 radical (unpaired) electrons. The van der Waals surface area contributed by atoms with Crippen molar-refractivity contribution < 1.29 is 33.8 Å². The summed E-state index contributed by atoms with van der Waals surface area (Å²) in [6.45, 7) is 5.50. The first kappa shape index (κ1) is 30.9. The number of fused-ring (bicyclic) bond motifs is 3. The summed E-state index contributed by atoms with van der Waals surface area (Å²) in [5, 5.41) is 21.9. The summed E-state index contributed by atoms with van der Waals surface area (Å²) >= 11 is 0. The van der Waals surface area contributed by atoms with Gasteiger partial charge < -0.3 is 29.7 Å². The van der Waals surface area contributed by atoms with E-state index < -0.39 is 59.5 Å². The number of amides is 3. The van der Waals surface area contributed by atoms with Crippen molar-refractivity contribution in [2.75, 3.05) is 19.7 Å². The van der Waals surface area contributed by atoms with Crippen molar-refractivity contribution in [3.63, 3.8) is 0 Å². The van der Waals surface area contributed by atoms with Crippen molar-refractivity contribution in [3.05, 3.63) is 48.6 Å². The summed E-state index contributed by atoms with van der Waals surface area (Å²) in [4.78, 5) is 58.5. The number of hydrogen-bond acceptors (Lipinski definition) is 9. The molecule has 5 heterocycles. The summed E-state index contributed by atoms with van der Waals surface area (Å²) in [6, 6.07) is 5.57. The van der Waals surface area contributed by atoms with Crippen LogP contribution in [0.5, 0.6) is 0 Å². The summed E-state index contributed by atoms with van der Waals surface area (Å²) in [5.74, 6) is -3.80. The molecule has 2 N–H and O–H groups in total. The Labute approximate surface area is 261 Å². The predicted octanol–water partition coefficient (Wildman–Crippen LogP) is 1.17. The van der Waals surface area contributed by atoms with E-state index in [1.807, 2.05) is 50.3 Å². The van der Waals surface area contributed by atoms with Gasteiger partial charge in [0.05, 0.1) is 36.7 Å². The van der Waals surface area contributed by atoms with Crippen molar-refractivity contribution in [3.8, 4) is 0 Å². The average molecular weight is 621 g/mol. The maximum Gasteiger partial charge on any atom is 0.313 e. The molecule has 2 aromatic rings. The first-order valence-corrected chi connectivity index (χ1v) is 15.7. The normalized spacial score (nSPS) is 32.5. The van der Waals surface area contributed by atoms with Crippen LogP contribution in [0.2, 0.25) is 0 Å². The highest BCUT2D eigenvalue weighted by Gasteiger charge is 2.74. The summed E-state index contributed by atoms with van der Waals surface area (Å²) in [5.41, 5.74) is -0.0320. The van der Waals surface area contributed by atoms with Crippen LogP contribution in [0, 0.1) is 17.8 Å². The van der Waals surface area contributed by atoms with E-state index in [0.29, 0.717) is 18.4 Å². The van der Waals surface area contributed by atoms with Gasteiger partial charge >= 0.3 is 5.97 Å². The van der Waals surface area contributed by atoms with Crippen LogP contribution in [-0.2, 0) is 35.3 Å². The average Bonchev–Trinajstić information content (AvgIpc) is 3.78. The number of ether oxygens (including phenoxy) is 2. The molecule has 1 spiro atoms. The highest BCUT2D eigenvalue weighted by atomic mass is 16.6. The number of para-hydroxylation sites is 1. The van der Waals surface area contributed by atoms with Gasteiger partial charge in [0.2, 0.25) is 11.8 Å². The van der Waals surface area contributed by atoms with Gasteiger partial charge in [-0.2, -0.15) is 0 Å². The molecule has 5 bridgehead atoms. The Morgan fingerprint density at radius 3 is 2.73 bits per heavy atom. The largest absolute Gasteiger partial charge is 0.460 e. The van der Waals surface area contributed by atoms with Crippen molar-refractivity contribution >= 4 is 34.7 Å². The Hall–Kier alpha value is -4.10. The molecule has 0 saturated carbocycles. The van der Waals surface area contributed by atoms with Crippen molar-refractivity contribution in [2.24, 2.45) is 17.8 Å². The first-order chi connectivity index (χ1) is 21.7. The Morgan fingerprint density at radius 2 is 1.96 bits per heavy atom. The summed E-state index contributed by atoms with van der Waals surface area (Å²) in [7, 11) is 0. The second-order valence-corrected chi connectivity index (χ2v) is 12.4. The van der Waals surface area contributed by atoms with E-state index in [0.717, 1.165) is 5.52 Å². The maximum absolute atomic E-state index is 14.9. The number of aliphatic hydroxyl groups excluding tert-OH is 1. The molecule has 8 atom stereocenters. The highest BCUT2D eigenvalue weighted by Crippen LogP contribution is 2.56. The maximum atomic E-state index is 14.9. The number of esters is 1. The summed E-state index contributed by atoms with van der Waals surface area (Å²) < 4.78 is 13.8. The van der Waals surface area contributed by atoms with Crippen LogP contribution in [-0.4, -0.2) is 103 Å². The van der Waals surface area contributed by atoms with E-state index >= 15 is 0 Å². The Kier molecular flexibility index (Phi) is 8.49. The Morgan fingerprint density at radius 1 is 1.16 bits per heavy atom. The number of likely N-dealkylation sites (tertiary alicyclic amines) is 1. The second kappa shape index (κ2) is 12.4. The first-order valence-electron chi connectivity index (χ1n) is 15.7. The zero-order valence-electron chi connectivity index (χ0n) is 25.7. The molecule has 13 nitrogen and oxygen atoms in total. The van der Waals surface area contributed by atoms with Crippen molar-refractivity contribution in [2.45, 2.75) is 76.6 Å². The number of hydrogen-bond donors (Lipinski definition) is 2. The number of benzene rings is 1. The molecule has 2 saturated heterocycles. The van der Waals surface area contributed by atoms with Crippen molar-refractivity contribution in [1.82, 2.24) is 30.1 Å². The third-order valence-corrected chi connectivity index (χ3v) is 9.63. The van der Waals surface area contributed by atoms with Gasteiger partial charge in [-0.05, 0) is 31.4 Å². The minimum atomic E-state index is -1.43. The van der Waals surface area contributed by atoms with Crippen LogP contribution in [0.25, 0.3) is 11.0 Å². The number of aliphatic hydroxyl groups is 1. The van der Waals surface area contributed by atoms with Gasteiger partial charge in [-0.15, -0.1) is 5.10 Å². The minimum absolute atomic E-state index is 0.0205. The van der Waals surface area contributed by atoms with Crippen LogP contribution >= 0.6 is 0 Å². The number of rotatable bonds is 6. The molecular formula is C32H40N6O7. The quantitative estimate of drug-likeness (QED) is 0.358. The van der Waals surface area contributed by atoms with Gasteiger partial charge in [0.1, 0.15) is 35.9 Å². The lowest BCUT2D eigenvalue weighted by Gasteiger charge is -2.40. The monoisotopic (exact) mass is 620 g/mol. The molecule has 3 amide bonds. The number of aromatic nitrogens is 3. The van der Waals surface area contributed by atoms with Crippen LogP contribution in [0.15, 0.2) is 48.6 Å². The fourth-order valence-corrected chi connectivity index (χ4v) is 7.10. The predicted molar refractivity (Wildman–Crippen MR) is 161 cm³/mol. The number of nitrogens with zero attached hydrogens (tertiary/aromatic N) is 5. The number of cyclic esters (lactones) is 1. The van der Waals surface area contributed by atoms with Gasteiger partial charge in [-0.1, -0.05) is 61.9 Å². The van der Waals surface area contributed by atoms with Crippen molar-refractivity contribution in [1.29, 1.82) is 0 Å². The number of allylic oxidation sites excluding steroid dienone is 1. The third kappa shape index (κ3) is 5.31. The van der Waals surface area contributed by atoms with E-state index in [9.17, 15) is 24.3 Å². The lowest BCUT2D eigenvalue weighted by Crippen LogP contribution is -2.59. The van der Waals surface area contributed by atoms with Gasteiger partial charge in [0.15, 0.2) is 0 Å². The number of carbonyl (C=O) groups is 4. The topological polar surface area (TPSA) is 156 Å². The van der Waals surface area contributed by atoms with Gasteiger partial charge in [-0.3, -0.25) is 19.2 Å². The van der Waals surface area contributed by atoms with E-state index in [1.54, 1.807) is 28.7 Å². The standard InChI is InChI=1S/C32H40N6O7/c1-4-19(2)23(17-39)38-28-30(42)36(18-37-22-11-8-7-10-21(22)34-35-37)15-9-5-6-12-25(40)33-16-20(3)44-31(43)26-24-13-14-32(28,45-24)27(26)29(38)41/h5,7-11,13-14,19-20,23-24,26-28,39H,4,6,12,15-18H2,1-3H3,(H,33,40)/b9-5-/t19-,20-,23-,24+,26-,27-,28+,32-/m0/s1. The zero-order chi connectivity index (χ0) is 31.9. The molecule has 45 heavy (non-hydrogen) atoms. The minimum Gasteiger partial charge on any atom is -0.460 e. The molecule has 4 aliphatic rings. The van der Waals surface area contributed by atoms with Gasteiger partial charge in [0.25, 0.3) is 5.91 Å². The molecular weight excluding hydrogens is 580 g/mol. The van der Waals surface area contributed by atoms with Gasteiger partial charge in [0, 0.05) is 13.0 Å². The molecule has 6 rings (SSSR count). The Bertz CT molecular complexity index is 1540. The number of nitrogens with one attached hydrogen (secondary N) is 1. The lowest BCUT2D eigenvalue weighted by atomic mass is 9.74. The molecule has 1 aromatic heterocycles. The van der Waals surface area contributed by atoms with Crippen LogP contribution < -0.4 is 5.32 Å². The van der Waals surface area contributed by atoms with Crippen LogP contribution in [0.4, 0.5) is 0 Å². The molecule has 0 aliphatic carbocycles. The van der Waals surface area contributed by atoms with Crippen LogP contribution in [0.1, 0.15) is 40.0 Å². The fraction of sp³-hybridized carbons (Fsp3) is 0.562.